The van der Waals surface area contributed by atoms with Gasteiger partial charge in [-0.05, 0) is 135 Å². The zero-order chi connectivity index (χ0) is 37.2. The first-order chi connectivity index (χ1) is 27.7. The fourth-order valence-electron chi connectivity index (χ4n) is 10.7. The minimum Gasteiger partial charge on any atom is -0.292 e. The van der Waals surface area contributed by atoms with E-state index in [2.05, 4.69) is 187 Å². The Kier molecular flexibility index (Phi) is 7.98. The van der Waals surface area contributed by atoms with Gasteiger partial charge in [0.15, 0.2) is 0 Å². The highest BCUT2D eigenvalue weighted by molar-refractivity contribution is 6.14. The summed E-state index contributed by atoms with van der Waals surface area (Å²) in [5.74, 6) is 2.67. The predicted molar refractivity (Wildman–Crippen MR) is 235 cm³/mol. The predicted octanol–water partition coefficient (Wildman–Crippen LogP) is 13.8. The van der Waals surface area contributed by atoms with Crippen LogP contribution < -0.4 is 0 Å². The topological polar surface area (TPSA) is 17.8 Å². The third-order valence-corrected chi connectivity index (χ3v) is 13.1. The Morgan fingerprint density at radius 3 is 2.21 bits per heavy atom. The van der Waals surface area contributed by atoms with Crippen molar-refractivity contribution in [3.63, 3.8) is 0 Å². The Bertz CT molecular complexity index is 2830. The third kappa shape index (κ3) is 5.27. The van der Waals surface area contributed by atoms with Crippen molar-refractivity contribution in [1.82, 2.24) is 9.55 Å². The Hall–Kier alpha value is -6.25. The molecule has 0 saturated heterocycles. The van der Waals surface area contributed by atoms with Gasteiger partial charge in [-0.2, -0.15) is 0 Å². The van der Waals surface area contributed by atoms with Gasteiger partial charge in [-0.25, -0.2) is 4.98 Å². The molecule has 2 heteroatoms. The SMILES string of the molecule is Cc1c2ccccc2c(-c2cccc(C3C4CC=CC=C4C(C4C=CC(c5nc6ccccc6n5-c5ccccc5)=CC4)=C4C=CCCC43)c2)c2ccccc12. The summed E-state index contributed by atoms with van der Waals surface area (Å²) in [5, 5.41) is 5.36. The molecule has 4 aliphatic rings. The summed E-state index contributed by atoms with van der Waals surface area (Å²) >= 11 is 0. The van der Waals surface area contributed by atoms with Crippen LogP contribution in [0.4, 0.5) is 0 Å². The summed E-state index contributed by atoms with van der Waals surface area (Å²) in [6.07, 6.45) is 23.7. The van der Waals surface area contributed by atoms with Crippen LogP contribution in [-0.2, 0) is 0 Å². The molecule has 0 bridgehead atoms. The van der Waals surface area contributed by atoms with E-state index in [4.69, 9.17) is 4.98 Å². The lowest BCUT2D eigenvalue weighted by molar-refractivity contribution is 0.337. The van der Waals surface area contributed by atoms with Crippen molar-refractivity contribution in [2.45, 2.75) is 38.5 Å². The highest BCUT2D eigenvalue weighted by Gasteiger charge is 2.43. The van der Waals surface area contributed by atoms with E-state index in [1.165, 1.54) is 61.4 Å². The quantitative estimate of drug-likeness (QED) is 0.162. The Morgan fingerprint density at radius 1 is 0.679 bits per heavy atom. The maximum atomic E-state index is 5.19. The van der Waals surface area contributed by atoms with E-state index in [9.17, 15) is 0 Å². The molecule has 0 radical (unpaired) electrons. The molecule has 56 heavy (non-hydrogen) atoms. The number of rotatable bonds is 5. The van der Waals surface area contributed by atoms with Crippen LogP contribution in [-0.4, -0.2) is 9.55 Å². The number of fused-ring (bicyclic) bond motifs is 5. The lowest BCUT2D eigenvalue weighted by Crippen LogP contribution is -2.34. The van der Waals surface area contributed by atoms with Crippen LogP contribution in [0.15, 0.2) is 193 Å². The van der Waals surface area contributed by atoms with Crippen LogP contribution in [0.2, 0.25) is 0 Å². The van der Waals surface area contributed by atoms with Gasteiger partial charge < -0.3 is 0 Å². The molecule has 0 N–H and O–H groups in total. The van der Waals surface area contributed by atoms with Crippen molar-refractivity contribution < 1.29 is 0 Å². The first-order valence-electron chi connectivity index (χ1n) is 20.4. The maximum Gasteiger partial charge on any atom is 0.145 e. The lowest BCUT2D eigenvalue weighted by atomic mass is 9.58. The van der Waals surface area contributed by atoms with Gasteiger partial charge in [-0.15, -0.1) is 0 Å². The summed E-state index contributed by atoms with van der Waals surface area (Å²) in [6.45, 7) is 2.28. The molecule has 0 fully saturated rings. The average molecular weight is 721 g/mol. The fraction of sp³-hybridized carbons (Fsp3) is 0.167. The molecule has 11 rings (SSSR count). The number of aromatic nitrogens is 2. The number of aryl methyl sites for hydroxylation is 1. The number of imidazole rings is 1. The highest BCUT2D eigenvalue weighted by atomic mass is 15.1. The summed E-state index contributed by atoms with van der Waals surface area (Å²) in [7, 11) is 0. The maximum absolute atomic E-state index is 5.19. The van der Waals surface area contributed by atoms with Gasteiger partial charge >= 0.3 is 0 Å². The molecule has 4 aliphatic carbocycles. The van der Waals surface area contributed by atoms with E-state index in [1.807, 2.05) is 0 Å². The second-order valence-electron chi connectivity index (χ2n) is 16.0. The lowest BCUT2D eigenvalue weighted by Gasteiger charge is -2.46. The molecular formula is C54H44N2. The van der Waals surface area contributed by atoms with Crippen LogP contribution in [0.3, 0.4) is 0 Å². The van der Waals surface area contributed by atoms with Gasteiger partial charge in [0.2, 0.25) is 0 Å². The molecule has 2 nitrogen and oxygen atoms in total. The monoisotopic (exact) mass is 720 g/mol. The summed E-state index contributed by atoms with van der Waals surface area (Å²) in [4.78, 5) is 5.19. The number of hydrogen-bond acceptors (Lipinski definition) is 1. The van der Waals surface area contributed by atoms with Crippen molar-refractivity contribution >= 4 is 38.2 Å². The van der Waals surface area contributed by atoms with Crippen molar-refractivity contribution in [3.8, 4) is 16.8 Å². The van der Waals surface area contributed by atoms with Crippen LogP contribution in [0, 0.1) is 24.7 Å². The molecule has 270 valence electrons. The second kappa shape index (κ2) is 13.5. The number of nitrogens with zero attached hydrogens (tertiary/aromatic N) is 2. The first-order valence-corrected chi connectivity index (χ1v) is 20.4. The van der Waals surface area contributed by atoms with E-state index in [0.29, 0.717) is 23.7 Å². The van der Waals surface area contributed by atoms with E-state index >= 15 is 0 Å². The summed E-state index contributed by atoms with van der Waals surface area (Å²) in [5.41, 5.74) is 14.7. The molecule has 0 aliphatic heterocycles. The Balaban J connectivity index is 0.998. The number of allylic oxidation sites excluding steroid dienone is 12. The standard InChI is InChI=1S/C54H44N2/c1-35-41-20-5-7-22-43(41)52(44-23-8-6-21-42(35)44)38-16-15-17-39(34-38)53-47-26-11-9-24-45(47)51(46-25-10-12-27-48(46)53)36-30-32-37(33-31-36)54-55-49-28-13-14-29-50(49)56(54)40-18-3-2-4-19-40/h2-11,13-25,28-30,32-34,36,47-48,53H,12,26-27,31H2,1H3. The van der Waals surface area contributed by atoms with Crippen molar-refractivity contribution in [2.24, 2.45) is 17.8 Å². The molecule has 0 spiro atoms. The Morgan fingerprint density at radius 2 is 1.43 bits per heavy atom. The largest absolute Gasteiger partial charge is 0.292 e. The molecule has 1 aromatic heterocycles. The van der Waals surface area contributed by atoms with Crippen LogP contribution in [0.5, 0.6) is 0 Å². The molecule has 7 aromatic rings. The number of hydrogen-bond donors (Lipinski definition) is 0. The Labute approximate surface area is 329 Å². The van der Waals surface area contributed by atoms with Crippen LogP contribution in [0.25, 0.3) is 55.0 Å². The molecule has 0 saturated carbocycles. The van der Waals surface area contributed by atoms with Crippen LogP contribution >= 0.6 is 0 Å². The minimum atomic E-state index is 0.325. The molecule has 0 amide bonds. The van der Waals surface area contributed by atoms with Gasteiger partial charge in [0.05, 0.1) is 11.0 Å². The van der Waals surface area contributed by atoms with Crippen LogP contribution in [0.1, 0.15) is 48.6 Å². The molecular weight excluding hydrogens is 677 g/mol. The molecule has 1 heterocycles. The first kappa shape index (κ1) is 33.1. The zero-order valence-electron chi connectivity index (χ0n) is 31.8. The normalized spacial score (nSPS) is 21.7. The highest BCUT2D eigenvalue weighted by Crippen LogP contribution is 2.56. The summed E-state index contributed by atoms with van der Waals surface area (Å²) < 4.78 is 2.32. The second-order valence-corrected chi connectivity index (χ2v) is 16.0. The van der Waals surface area contributed by atoms with Gasteiger partial charge in [0.1, 0.15) is 5.82 Å². The smallest absolute Gasteiger partial charge is 0.145 e. The summed E-state index contributed by atoms with van der Waals surface area (Å²) in [6, 6.07) is 46.8. The average Bonchev–Trinajstić information content (AvgIpc) is 3.66. The molecule has 4 atom stereocenters. The number of para-hydroxylation sites is 3. The molecule has 6 aromatic carbocycles. The van der Waals surface area contributed by atoms with Gasteiger partial charge in [0.25, 0.3) is 0 Å². The number of benzene rings is 6. The van der Waals surface area contributed by atoms with Crippen molar-refractivity contribution in [3.05, 3.63) is 210 Å². The minimum absolute atomic E-state index is 0.325. The van der Waals surface area contributed by atoms with E-state index in [1.54, 1.807) is 11.1 Å². The van der Waals surface area contributed by atoms with E-state index in [0.717, 1.165) is 41.8 Å². The van der Waals surface area contributed by atoms with Gasteiger partial charge in [-0.1, -0.05) is 152 Å². The van der Waals surface area contributed by atoms with Gasteiger partial charge in [0, 0.05) is 17.2 Å². The van der Waals surface area contributed by atoms with Crippen molar-refractivity contribution in [2.75, 3.05) is 0 Å². The fourth-order valence-corrected chi connectivity index (χ4v) is 10.7. The van der Waals surface area contributed by atoms with E-state index < -0.39 is 0 Å². The van der Waals surface area contributed by atoms with Gasteiger partial charge in [-0.3, -0.25) is 4.57 Å². The van der Waals surface area contributed by atoms with E-state index in [-0.39, 0.29) is 0 Å². The molecule has 4 unspecified atom stereocenters. The third-order valence-electron chi connectivity index (χ3n) is 13.1. The van der Waals surface area contributed by atoms with Crippen molar-refractivity contribution in [1.29, 1.82) is 0 Å². The zero-order valence-corrected chi connectivity index (χ0v) is 31.8.